The molecule has 2 aromatic rings. The van der Waals surface area contributed by atoms with Gasteiger partial charge in [-0.1, -0.05) is 0 Å². The van der Waals surface area contributed by atoms with Gasteiger partial charge in [-0.2, -0.15) is 10.2 Å². The van der Waals surface area contributed by atoms with E-state index in [9.17, 15) is 4.79 Å². The molecule has 3 atom stereocenters. The molecule has 0 aromatic carbocycles. The highest BCUT2D eigenvalue weighted by Gasteiger charge is 2.38. The van der Waals surface area contributed by atoms with E-state index in [1.807, 2.05) is 27.2 Å². The molecule has 0 radical (unpaired) electrons. The van der Waals surface area contributed by atoms with Gasteiger partial charge in [-0.15, -0.1) is 0 Å². The number of carbonyl (C=O) groups excluding carboxylic acids is 1. The van der Waals surface area contributed by atoms with Crippen LogP contribution in [-0.4, -0.2) is 44.3 Å². The van der Waals surface area contributed by atoms with Crippen molar-refractivity contribution in [3.63, 3.8) is 0 Å². The fourth-order valence-electron chi connectivity index (χ4n) is 3.14. The fraction of sp³-hybridized carbons (Fsp3) is 0.588. The van der Waals surface area contributed by atoms with Gasteiger partial charge in [0.15, 0.2) is 11.5 Å². The van der Waals surface area contributed by atoms with Gasteiger partial charge in [0.05, 0.1) is 37.3 Å². The lowest BCUT2D eigenvalue weighted by Crippen LogP contribution is -2.42. The highest BCUT2D eigenvalue weighted by molar-refractivity contribution is 5.73. The van der Waals surface area contributed by atoms with Crippen LogP contribution in [0.25, 0.3) is 0 Å². The van der Waals surface area contributed by atoms with Gasteiger partial charge >= 0.3 is 5.97 Å². The Morgan fingerprint density at radius 2 is 1.76 bits per heavy atom. The number of aryl methyl sites for hydroxylation is 2. The average Bonchev–Trinajstić information content (AvgIpc) is 3.16. The maximum absolute atomic E-state index is 12.3. The van der Waals surface area contributed by atoms with Crippen molar-refractivity contribution in [3.05, 3.63) is 24.8 Å². The molecule has 1 fully saturated rings. The molecule has 0 spiro atoms. The molecule has 3 rings (SSSR count). The SMILES string of the molecule is CCOC(=O)C1CCC(Oc2cnn(C)c2)CC1Oc1cnn(C)c1. The third kappa shape index (κ3) is 4.32. The Bertz CT molecular complexity index is 711. The summed E-state index contributed by atoms with van der Waals surface area (Å²) < 4.78 is 20.6. The predicted molar refractivity (Wildman–Crippen MR) is 89.2 cm³/mol. The van der Waals surface area contributed by atoms with Crippen LogP contribution >= 0.6 is 0 Å². The molecule has 136 valence electrons. The summed E-state index contributed by atoms with van der Waals surface area (Å²) in [6.45, 7) is 2.18. The van der Waals surface area contributed by atoms with Crippen LogP contribution in [-0.2, 0) is 23.6 Å². The van der Waals surface area contributed by atoms with Crippen molar-refractivity contribution >= 4 is 5.97 Å². The first kappa shape index (κ1) is 17.3. The van der Waals surface area contributed by atoms with Gasteiger partial charge in [0.1, 0.15) is 12.2 Å². The molecule has 8 heteroatoms. The maximum Gasteiger partial charge on any atom is 0.312 e. The lowest BCUT2D eigenvalue weighted by molar-refractivity contribution is -0.154. The number of nitrogens with zero attached hydrogens (tertiary/aromatic N) is 4. The zero-order valence-corrected chi connectivity index (χ0v) is 14.8. The molecule has 1 saturated carbocycles. The van der Waals surface area contributed by atoms with Crippen molar-refractivity contribution in [1.82, 2.24) is 19.6 Å². The van der Waals surface area contributed by atoms with Gasteiger partial charge in [-0.25, -0.2) is 0 Å². The second kappa shape index (κ2) is 7.58. The molecule has 0 aliphatic heterocycles. The summed E-state index contributed by atoms with van der Waals surface area (Å²) in [6, 6.07) is 0. The second-order valence-electron chi connectivity index (χ2n) is 6.27. The number of hydrogen-bond donors (Lipinski definition) is 0. The van der Waals surface area contributed by atoms with E-state index in [4.69, 9.17) is 14.2 Å². The van der Waals surface area contributed by atoms with E-state index < -0.39 is 0 Å². The van der Waals surface area contributed by atoms with Crippen LogP contribution in [0.15, 0.2) is 24.8 Å². The molecule has 25 heavy (non-hydrogen) atoms. The van der Waals surface area contributed by atoms with Gasteiger partial charge in [-0.05, 0) is 19.8 Å². The topological polar surface area (TPSA) is 80.4 Å². The molecular weight excluding hydrogens is 324 g/mol. The second-order valence-corrected chi connectivity index (χ2v) is 6.27. The Balaban J connectivity index is 1.69. The van der Waals surface area contributed by atoms with E-state index in [0.717, 1.165) is 12.2 Å². The summed E-state index contributed by atoms with van der Waals surface area (Å²) in [4.78, 5) is 12.3. The highest BCUT2D eigenvalue weighted by Crippen LogP contribution is 2.32. The van der Waals surface area contributed by atoms with E-state index in [1.54, 1.807) is 28.0 Å². The lowest BCUT2D eigenvalue weighted by Gasteiger charge is -2.34. The zero-order chi connectivity index (χ0) is 17.8. The van der Waals surface area contributed by atoms with Crippen LogP contribution in [0.5, 0.6) is 11.5 Å². The van der Waals surface area contributed by atoms with E-state index in [2.05, 4.69) is 10.2 Å². The highest BCUT2D eigenvalue weighted by atomic mass is 16.5. The summed E-state index contributed by atoms with van der Waals surface area (Å²) in [5.74, 6) is 0.858. The molecular formula is C17H24N4O4. The first-order chi connectivity index (χ1) is 12.0. The van der Waals surface area contributed by atoms with Crippen LogP contribution in [0.2, 0.25) is 0 Å². The third-order valence-electron chi connectivity index (χ3n) is 4.29. The molecule has 0 N–H and O–H groups in total. The third-order valence-corrected chi connectivity index (χ3v) is 4.29. The Hall–Kier alpha value is -2.51. The minimum absolute atomic E-state index is 0.0310. The van der Waals surface area contributed by atoms with E-state index >= 15 is 0 Å². The largest absolute Gasteiger partial charge is 0.487 e. The Morgan fingerprint density at radius 3 is 2.32 bits per heavy atom. The quantitative estimate of drug-likeness (QED) is 0.740. The maximum atomic E-state index is 12.3. The Kier molecular flexibility index (Phi) is 5.25. The monoisotopic (exact) mass is 348 g/mol. The summed E-state index contributed by atoms with van der Waals surface area (Å²) in [5, 5.41) is 8.23. The molecule has 2 heterocycles. The first-order valence-corrected chi connectivity index (χ1v) is 8.52. The number of aromatic nitrogens is 4. The first-order valence-electron chi connectivity index (χ1n) is 8.52. The van der Waals surface area contributed by atoms with Gasteiger partial charge in [0.25, 0.3) is 0 Å². The summed E-state index contributed by atoms with van der Waals surface area (Å²) >= 11 is 0. The average molecular weight is 348 g/mol. The molecule has 0 bridgehead atoms. The minimum atomic E-state index is -0.307. The number of hydrogen-bond acceptors (Lipinski definition) is 6. The number of carbonyl (C=O) groups is 1. The van der Waals surface area contributed by atoms with Gasteiger partial charge in [-0.3, -0.25) is 14.2 Å². The van der Waals surface area contributed by atoms with Crippen LogP contribution in [0.1, 0.15) is 26.2 Å². The number of esters is 1. The fourth-order valence-corrected chi connectivity index (χ4v) is 3.14. The van der Waals surface area contributed by atoms with Crippen molar-refractivity contribution in [3.8, 4) is 11.5 Å². The molecule has 1 aliphatic carbocycles. The molecule has 0 saturated heterocycles. The predicted octanol–water partition coefficient (Wildman–Crippen LogP) is 1.71. The van der Waals surface area contributed by atoms with E-state index in [1.165, 1.54) is 0 Å². The standard InChI is InChI=1S/C17H24N4O4/c1-4-23-17(22)15-6-5-12(24-13-8-18-20(2)10-13)7-16(15)25-14-9-19-21(3)11-14/h8-12,15-16H,4-7H2,1-3H3. The van der Waals surface area contributed by atoms with Crippen LogP contribution in [0, 0.1) is 5.92 Å². The molecule has 2 aromatic heterocycles. The van der Waals surface area contributed by atoms with Gasteiger partial charge < -0.3 is 14.2 Å². The van der Waals surface area contributed by atoms with Gasteiger partial charge in [0, 0.05) is 20.5 Å². The van der Waals surface area contributed by atoms with E-state index in [0.29, 0.717) is 25.2 Å². The minimum Gasteiger partial charge on any atom is -0.487 e. The van der Waals surface area contributed by atoms with Crippen LogP contribution < -0.4 is 9.47 Å². The van der Waals surface area contributed by atoms with Crippen molar-refractivity contribution in [1.29, 1.82) is 0 Å². The van der Waals surface area contributed by atoms with Crippen LogP contribution in [0.4, 0.5) is 0 Å². The molecule has 1 aliphatic rings. The number of rotatable bonds is 6. The van der Waals surface area contributed by atoms with Gasteiger partial charge in [0.2, 0.25) is 0 Å². The Labute approximate surface area is 146 Å². The van der Waals surface area contributed by atoms with Crippen molar-refractivity contribution in [2.24, 2.45) is 20.0 Å². The number of ether oxygens (including phenoxy) is 3. The molecule has 8 nitrogen and oxygen atoms in total. The zero-order valence-electron chi connectivity index (χ0n) is 14.8. The van der Waals surface area contributed by atoms with E-state index in [-0.39, 0.29) is 24.1 Å². The summed E-state index contributed by atoms with van der Waals surface area (Å²) in [5.41, 5.74) is 0. The van der Waals surface area contributed by atoms with Crippen LogP contribution in [0.3, 0.4) is 0 Å². The normalized spacial score (nSPS) is 23.2. The van der Waals surface area contributed by atoms with Crippen molar-refractivity contribution < 1.29 is 19.0 Å². The smallest absolute Gasteiger partial charge is 0.312 e. The molecule has 0 amide bonds. The summed E-state index contributed by atoms with van der Waals surface area (Å²) in [6.07, 6.45) is 8.65. The lowest BCUT2D eigenvalue weighted by atomic mass is 9.84. The van der Waals surface area contributed by atoms with Crippen molar-refractivity contribution in [2.45, 2.75) is 38.4 Å². The van der Waals surface area contributed by atoms with Crippen molar-refractivity contribution in [2.75, 3.05) is 6.61 Å². The summed E-state index contributed by atoms with van der Waals surface area (Å²) in [7, 11) is 3.67. The Morgan fingerprint density at radius 1 is 1.12 bits per heavy atom. The molecule has 3 unspecified atom stereocenters.